The van der Waals surface area contributed by atoms with Crippen molar-refractivity contribution < 1.29 is 4.42 Å². The Balaban J connectivity index is 1.24. The molecule has 0 spiro atoms. The highest BCUT2D eigenvalue weighted by Gasteiger charge is 2.57. The van der Waals surface area contributed by atoms with Crippen molar-refractivity contribution in [1.29, 1.82) is 0 Å². The molecule has 13 rings (SSSR count). The molecule has 5 heteroatoms. The van der Waals surface area contributed by atoms with Crippen LogP contribution in [0.1, 0.15) is 212 Å². The fourth-order valence-electron chi connectivity index (χ4n) is 16.3. The molecule has 2 unspecified atom stereocenters. The quantitative estimate of drug-likeness (QED) is 0.164. The minimum absolute atomic E-state index is 0.00127. The van der Waals surface area contributed by atoms with Crippen molar-refractivity contribution in [2.24, 2.45) is 5.41 Å². The first-order valence-corrected chi connectivity index (χ1v) is 30.8. The van der Waals surface area contributed by atoms with Crippen LogP contribution < -0.4 is 31.3 Å². The maximum atomic E-state index is 7.99. The lowest BCUT2D eigenvalue weighted by molar-refractivity contribution is 0.0860. The summed E-state index contributed by atoms with van der Waals surface area (Å²) in [7, 11) is 0. The molecule has 0 bridgehead atoms. The molecule has 1 aromatic heterocycles. The van der Waals surface area contributed by atoms with Crippen LogP contribution in [0.25, 0.3) is 11.1 Å². The summed E-state index contributed by atoms with van der Waals surface area (Å²) in [6.07, 6.45) is 10.4. The van der Waals surface area contributed by atoms with Crippen LogP contribution in [-0.2, 0) is 38.9 Å². The zero-order valence-corrected chi connectivity index (χ0v) is 52.1. The molecular weight excluding hydrogens is 970 g/mol. The number of rotatable bonds is 4. The fourth-order valence-corrected chi connectivity index (χ4v) is 16.3. The molecule has 4 nitrogen and oxygen atoms in total. The van der Waals surface area contributed by atoms with Crippen molar-refractivity contribution in [3.63, 3.8) is 0 Å². The van der Waals surface area contributed by atoms with Crippen LogP contribution in [0.15, 0.2) is 114 Å². The number of hydrogen-bond acceptors (Lipinski definition) is 4. The van der Waals surface area contributed by atoms with E-state index in [0.717, 1.165) is 44.2 Å². The summed E-state index contributed by atoms with van der Waals surface area (Å²) in [5.74, 6) is 1.17. The highest BCUT2D eigenvalue weighted by Crippen LogP contribution is 2.62. The van der Waals surface area contributed by atoms with E-state index < -0.39 is 0 Å². The summed E-state index contributed by atoms with van der Waals surface area (Å²) in [6.45, 7) is 43.8. The highest BCUT2D eigenvalue weighted by atomic mass is 16.3. The first-order chi connectivity index (χ1) is 37.4. The van der Waals surface area contributed by atoms with Gasteiger partial charge in [0.05, 0.1) is 17.0 Å². The summed E-state index contributed by atoms with van der Waals surface area (Å²) in [6, 6.07) is 44.1. The van der Waals surface area contributed by atoms with Crippen LogP contribution in [0.2, 0.25) is 0 Å². The maximum absolute atomic E-state index is 7.99. The number of benzene rings is 6. The standard InChI is InChI=1S/C75H90BN3O/c1-46-38-47(2)54-45-74(17)32-22-23-33-75(74,18)79(59(54)39-46)52-41-61-64-62(42-52)78(58-31-28-50(69(6,7)8)40-53(58)48-24-20-19-21-25-48)60-44-56-55(70(9,10)34-35-71(56,11)12)43-57(60)76(64)67-65(63-66(80-67)73(15,16)37-36-72(63,13)14)77(61)51-29-26-49(27-30-51)68(3,4)5/h19-21,24-31,38-44H,22-23,32-37,45H2,1-18H3. The van der Waals surface area contributed by atoms with Crippen molar-refractivity contribution in [3.8, 4) is 11.1 Å². The van der Waals surface area contributed by atoms with Gasteiger partial charge in [0.1, 0.15) is 5.76 Å². The second-order valence-corrected chi connectivity index (χ2v) is 31.3. The molecule has 0 amide bonds. The van der Waals surface area contributed by atoms with Gasteiger partial charge < -0.3 is 19.1 Å². The Labute approximate surface area is 481 Å². The van der Waals surface area contributed by atoms with Gasteiger partial charge in [0.2, 0.25) is 0 Å². The molecule has 4 heterocycles. The second-order valence-electron chi connectivity index (χ2n) is 31.3. The summed E-state index contributed by atoms with van der Waals surface area (Å²) >= 11 is 0. The normalized spacial score (nSPS) is 22.8. The smallest absolute Gasteiger partial charge is 0.297 e. The zero-order chi connectivity index (χ0) is 56.8. The minimum Gasteiger partial charge on any atom is -0.472 e. The Morgan fingerprint density at radius 3 is 1.77 bits per heavy atom. The van der Waals surface area contributed by atoms with Gasteiger partial charge in [-0.1, -0.05) is 177 Å². The van der Waals surface area contributed by atoms with Crippen LogP contribution in [0.5, 0.6) is 0 Å². The van der Waals surface area contributed by atoms with Crippen molar-refractivity contribution in [2.75, 3.05) is 14.7 Å². The monoisotopic (exact) mass is 1060 g/mol. The van der Waals surface area contributed by atoms with E-state index in [1.807, 2.05) is 0 Å². The van der Waals surface area contributed by atoms with E-state index in [4.69, 9.17) is 4.42 Å². The maximum Gasteiger partial charge on any atom is 0.297 e. The Bertz CT molecular complexity index is 3690. The van der Waals surface area contributed by atoms with Gasteiger partial charge in [0.15, 0.2) is 0 Å². The van der Waals surface area contributed by atoms with E-state index in [1.165, 1.54) is 137 Å². The lowest BCUT2D eigenvalue weighted by atomic mass is 9.35. The molecule has 0 N–H and O–H groups in total. The number of hydrogen-bond donors (Lipinski definition) is 0. The van der Waals surface area contributed by atoms with E-state index in [1.54, 1.807) is 0 Å². The molecule has 1 fully saturated rings. The topological polar surface area (TPSA) is 22.9 Å². The van der Waals surface area contributed by atoms with Gasteiger partial charge in [-0.2, -0.15) is 0 Å². The summed E-state index contributed by atoms with van der Waals surface area (Å²) in [4.78, 5) is 8.38. The van der Waals surface area contributed by atoms with Crippen LogP contribution >= 0.6 is 0 Å². The number of fused-ring (bicyclic) bond motifs is 9. The number of aryl methyl sites for hydroxylation is 2. The molecule has 6 aliphatic rings. The average Bonchev–Trinajstić information content (AvgIpc) is 3.11. The molecule has 1 saturated carbocycles. The summed E-state index contributed by atoms with van der Waals surface area (Å²) < 4.78 is 7.99. The molecule has 414 valence electrons. The molecule has 2 atom stereocenters. The molecule has 3 aliphatic heterocycles. The van der Waals surface area contributed by atoms with E-state index in [-0.39, 0.29) is 50.2 Å². The predicted octanol–water partition coefficient (Wildman–Crippen LogP) is 19.0. The third kappa shape index (κ3) is 7.80. The minimum atomic E-state index is -0.161. The molecular formula is C75H90BN3O. The van der Waals surface area contributed by atoms with Gasteiger partial charge in [-0.25, -0.2) is 0 Å². The zero-order valence-electron chi connectivity index (χ0n) is 52.1. The number of furan rings is 1. The number of nitrogens with zero attached hydrogens (tertiary/aromatic N) is 3. The predicted molar refractivity (Wildman–Crippen MR) is 343 cm³/mol. The SMILES string of the molecule is Cc1cc(C)c2c(c1)N(c1cc3c4c(c1)N(c1ccc(C(C)(C)C)cc1)c1c(oc5c1C(C)(C)CCC5(C)C)B4c1cc4c(cc1N3c1ccc(C(C)(C)C)cc1-c1ccccc1)C(C)(C)CCC4(C)C)C1(C)CCCCC1(C)C2. The van der Waals surface area contributed by atoms with E-state index in [2.05, 4.69) is 249 Å². The van der Waals surface area contributed by atoms with Gasteiger partial charge >= 0.3 is 0 Å². The summed E-state index contributed by atoms with van der Waals surface area (Å²) in [5.41, 5.74) is 27.2. The largest absolute Gasteiger partial charge is 0.472 e. The average molecular weight is 1060 g/mol. The van der Waals surface area contributed by atoms with Gasteiger partial charge in [-0.3, -0.25) is 0 Å². The second kappa shape index (κ2) is 17.3. The molecule has 7 aromatic rings. The van der Waals surface area contributed by atoms with Crippen molar-refractivity contribution in [3.05, 3.63) is 159 Å². The summed E-state index contributed by atoms with van der Waals surface area (Å²) in [5, 5.41) is 0. The first-order valence-electron chi connectivity index (χ1n) is 30.8. The lowest BCUT2D eigenvalue weighted by Crippen LogP contribution is -2.62. The Morgan fingerprint density at radius 2 is 1.11 bits per heavy atom. The molecule has 0 saturated heterocycles. The van der Waals surface area contributed by atoms with E-state index >= 15 is 0 Å². The van der Waals surface area contributed by atoms with Gasteiger partial charge in [-0.05, 0) is 202 Å². The van der Waals surface area contributed by atoms with Crippen molar-refractivity contribution in [2.45, 2.75) is 220 Å². The van der Waals surface area contributed by atoms with Gasteiger partial charge in [0, 0.05) is 56.2 Å². The molecule has 6 aromatic carbocycles. The third-order valence-corrected chi connectivity index (χ3v) is 21.8. The molecule has 3 aliphatic carbocycles. The Kier molecular flexibility index (Phi) is 11.5. The van der Waals surface area contributed by atoms with Crippen LogP contribution in [-0.4, -0.2) is 12.3 Å². The van der Waals surface area contributed by atoms with Crippen molar-refractivity contribution in [1.82, 2.24) is 0 Å². The van der Waals surface area contributed by atoms with Crippen LogP contribution in [0, 0.1) is 19.3 Å². The first kappa shape index (κ1) is 53.4. The van der Waals surface area contributed by atoms with E-state index in [9.17, 15) is 0 Å². The lowest BCUT2D eigenvalue weighted by Gasteiger charge is -2.61. The van der Waals surface area contributed by atoms with Crippen LogP contribution in [0.4, 0.5) is 45.5 Å². The Hall–Kier alpha value is -5.94. The third-order valence-electron chi connectivity index (χ3n) is 21.8. The van der Waals surface area contributed by atoms with Crippen molar-refractivity contribution >= 4 is 68.8 Å². The Morgan fingerprint density at radius 1 is 0.512 bits per heavy atom. The molecule has 80 heavy (non-hydrogen) atoms. The van der Waals surface area contributed by atoms with Gasteiger partial charge in [-0.15, -0.1) is 0 Å². The van der Waals surface area contributed by atoms with Crippen LogP contribution in [0.3, 0.4) is 0 Å². The number of anilines is 8. The van der Waals surface area contributed by atoms with E-state index in [0.29, 0.717) is 0 Å². The van der Waals surface area contributed by atoms with Gasteiger partial charge in [0.25, 0.3) is 6.71 Å². The highest BCUT2D eigenvalue weighted by molar-refractivity contribution is 6.99. The molecule has 0 radical (unpaired) electrons. The fraction of sp³-hybridized carbons (Fsp3) is 0.467.